The van der Waals surface area contributed by atoms with Crippen LogP contribution in [0.25, 0.3) is 0 Å². The average molecular weight is 425 g/mol. The van der Waals surface area contributed by atoms with Crippen LogP contribution in [0, 0.1) is 0 Å². The number of rotatable bonds is 8. The molecule has 8 nitrogen and oxygen atoms in total. The maximum absolute atomic E-state index is 12.3. The molecule has 166 valence electrons. The Morgan fingerprint density at radius 3 is 2.35 bits per heavy atom. The molecule has 0 bridgehead atoms. The molecule has 0 atom stereocenters. The zero-order valence-corrected chi connectivity index (χ0v) is 18.1. The Morgan fingerprint density at radius 2 is 1.61 bits per heavy atom. The number of nitrogens with zero attached hydrogens (tertiary/aromatic N) is 5. The van der Waals surface area contributed by atoms with Crippen LogP contribution in [0.5, 0.6) is 0 Å². The van der Waals surface area contributed by atoms with E-state index in [9.17, 15) is 9.59 Å². The van der Waals surface area contributed by atoms with E-state index in [4.69, 9.17) is 0 Å². The quantitative estimate of drug-likeness (QED) is 0.642. The highest BCUT2D eigenvalue weighted by Crippen LogP contribution is 2.18. The first-order valence-corrected chi connectivity index (χ1v) is 11.3. The highest BCUT2D eigenvalue weighted by Gasteiger charge is 2.19. The Morgan fingerprint density at radius 1 is 0.903 bits per heavy atom. The molecule has 1 aromatic heterocycles. The van der Waals surface area contributed by atoms with E-state index < -0.39 is 0 Å². The molecule has 1 aromatic carbocycles. The summed E-state index contributed by atoms with van der Waals surface area (Å²) in [4.78, 5) is 31.5. The second kappa shape index (κ2) is 10.4. The summed E-state index contributed by atoms with van der Waals surface area (Å²) in [6.45, 7) is 7.37. The van der Waals surface area contributed by atoms with Crippen LogP contribution in [0.2, 0.25) is 0 Å². The molecule has 0 spiro atoms. The van der Waals surface area contributed by atoms with E-state index in [1.54, 1.807) is 6.07 Å². The second-order valence-corrected chi connectivity index (χ2v) is 8.25. The van der Waals surface area contributed by atoms with Crippen molar-refractivity contribution in [2.75, 3.05) is 62.2 Å². The first-order chi connectivity index (χ1) is 15.2. The van der Waals surface area contributed by atoms with E-state index in [1.165, 1.54) is 42.4 Å². The number of amides is 1. The van der Waals surface area contributed by atoms with E-state index in [1.807, 2.05) is 6.07 Å². The van der Waals surface area contributed by atoms with Crippen molar-refractivity contribution in [3.8, 4) is 0 Å². The van der Waals surface area contributed by atoms with Gasteiger partial charge in [0.05, 0.1) is 0 Å². The Balaban J connectivity index is 1.27. The maximum Gasteiger partial charge on any atom is 0.267 e. The second-order valence-electron chi connectivity index (χ2n) is 8.25. The van der Waals surface area contributed by atoms with E-state index in [0.29, 0.717) is 6.54 Å². The Kier molecular flexibility index (Phi) is 7.19. The third-order valence-corrected chi connectivity index (χ3v) is 6.04. The number of nitrogens with one attached hydrogen (secondary N) is 1. The fourth-order valence-electron chi connectivity index (χ4n) is 4.28. The molecule has 1 N–H and O–H groups in total. The van der Waals surface area contributed by atoms with E-state index >= 15 is 0 Å². The standard InChI is InChI=1S/C23H32N6O2/c30-22(24-11-6-14-26-12-4-5-13-26)19-29-23(31)10-9-21(25-29)28-17-15-27(16-18-28)20-7-2-1-3-8-20/h1-3,7-10H,4-6,11-19H2,(H,24,30). The van der Waals surface area contributed by atoms with E-state index in [2.05, 4.69) is 49.4 Å². The van der Waals surface area contributed by atoms with Gasteiger partial charge < -0.3 is 20.0 Å². The Hall–Kier alpha value is -2.87. The van der Waals surface area contributed by atoms with Gasteiger partial charge in [-0.2, -0.15) is 5.10 Å². The number of carbonyl (C=O) groups excluding carboxylic acids is 1. The van der Waals surface area contributed by atoms with Crippen LogP contribution >= 0.6 is 0 Å². The van der Waals surface area contributed by atoms with Gasteiger partial charge in [-0.05, 0) is 57.1 Å². The molecule has 0 aliphatic carbocycles. The average Bonchev–Trinajstić information content (AvgIpc) is 3.33. The van der Waals surface area contributed by atoms with Gasteiger partial charge in [-0.15, -0.1) is 0 Å². The van der Waals surface area contributed by atoms with Crippen molar-refractivity contribution in [1.82, 2.24) is 20.0 Å². The number of carbonyl (C=O) groups is 1. The van der Waals surface area contributed by atoms with E-state index in [-0.39, 0.29) is 18.0 Å². The first kappa shape index (κ1) is 21.4. The van der Waals surface area contributed by atoms with Crippen molar-refractivity contribution >= 4 is 17.4 Å². The van der Waals surface area contributed by atoms with Crippen LogP contribution in [0.1, 0.15) is 19.3 Å². The summed E-state index contributed by atoms with van der Waals surface area (Å²) in [5.74, 6) is 0.580. The number of hydrogen-bond donors (Lipinski definition) is 1. The van der Waals surface area contributed by atoms with Crippen LogP contribution in [0.3, 0.4) is 0 Å². The predicted octanol–water partition coefficient (Wildman–Crippen LogP) is 1.17. The lowest BCUT2D eigenvalue weighted by atomic mass is 10.2. The van der Waals surface area contributed by atoms with Crippen molar-refractivity contribution in [3.05, 3.63) is 52.8 Å². The fraction of sp³-hybridized carbons (Fsp3) is 0.522. The number of aromatic nitrogens is 2. The summed E-state index contributed by atoms with van der Waals surface area (Å²) in [5.41, 5.74) is 0.973. The van der Waals surface area contributed by atoms with Crippen molar-refractivity contribution in [1.29, 1.82) is 0 Å². The minimum absolute atomic E-state index is 0.0413. The largest absolute Gasteiger partial charge is 0.368 e. The van der Waals surface area contributed by atoms with Crippen molar-refractivity contribution in [2.45, 2.75) is 25.8 Å². The molecular weight excluding hydrogens is 392 g/mol. The van der Waals surface area contributed by atoms with Gasteiger partial charge in [-0.25, -0.2) is 4.68 Å². The van der Waals surface area contributed by atoms with Crippen molar-refractivity contribution < 1.29 is 4.79 Å². The molecule has 2 aromatic rings. The minimum atomic E-state index is -0.251. The van der Waals surface area contributed by atoms with Crippen LogP contribution in [0.4, 0.5) is 11.5 Å². The molecule has 0 radical (unpaired) electrons. The fourth-order valence-corrected chi connectivity index (χ4v) is 4.28. The summed E-state index contributed by atoms with van der Waals surface area (Å²) in [7, 11) is 0. The highest BCUT2D eigenvalue weighted by molar-refractivity contribution is 5.75. The number of para-hydroxylation sites is 1. The lowest BCUT2D eigenvalue weighted by Gasteiger charge is -2.36. The van der Waals surface area contributed by atoms with Crippen LogP contribution in [-0.4, -0.2) is 72.9 Å². The lowest BCUT2D eigenvalue weighted by Crippen LogP contribution is -2.47. The molecule has 1 amide bonds. The zero-order valence-electron chi connectivity index (χ0n) is 18.1. The van der Waals surface area contributed by atoms with Gasteiger partial charge in [0, 0.05) is 44.5 Å². The van der Waals surface area contributed by atoms with Crippen molar-refractivity contribution in [2.24, 2.45) is 0 Å². The van der Waals surface area contributed by atoms with Crippen LogP contribution < -0.4 is 20.7 Å². The number of piperazine rings is 1. The summed E-state index contributed by atoms with van der Waals surface area (Å²) >= 11 is 0. The third kappa shape index (κ3) is 5.85. The monoisotopic (exact) mass is 424 g/mol. The smallest absolute Gasteiger partial charge is 0.267 e. The number of benzene rings is 1. The number of likely N-dealkylation sites (tertiary alicyclic amines) is 1. The van der Waals surface area contributed by atoms with Gasteiger partial charge >= 0.3 is 0 Å². The molecule has 31 heavy (non-hydrogen) atoms. The Bertz CT molecular complexity index is 902. The van der Waals surface area contributed by atoms with Crippen LogP contribution in [0.15, 0.2) is 47.3 Å². The lowest BCUT2D eigenvalue weighted by molar-refractivity contribution is -0.121. The van der Waals surface area contributed by atoms with Gasteiger partial charge in [-0.3, -0.25) is 9.59 Å². The SMILES string of the molecule is O=C(Cn1nc(N2CCN(c3ccccc3)CC2)ccc1=O)NCCCN1CCCC1. The molecule has 2 fully saturated rings. The summed E-state index contributed by atoms with van der Waals surface area (Å²) in [5, 5.41) is 7.39. The third-order valence-electron chi connectivity index (χ3n) is 6.04. The molecule has 0 saturated carbocycles. The van der Waals surface area contributed by atoms with Gasteiger partial charge in [0.1, 0.15) is 12.4 Å². The topological polar surface area (TPSA) is 73.7 Å². The highest BCUT2D eigenvalue weighted by atomic mass is 16.2. The number of anilines is 2. The summed E-state index contributed by atoms with van der Waals surface area (Å²) in [6.07, 6.45) is 3.48. The molecule has 2 aliphatic rings. The molecule has 3 heterocycles. The predicted molar refractivity (Wildman–Crippen MR) is 123 cm³/mol. The van der Waals surface area contributed by atoms with Gasteiger partial charge in [0.2, 0.25) is 5.91 Å². The minimum Gasteiger partial charge on any atom is -0.368 e. The van der Waals surface area contributed by atoms with Gasteiger partial charge in [0.15, 0.2) is 0 Å². The normalized spacial score (nSPS) is 17.2. The van der Waals surface area contributed by atoms with Crippen LogP contribution in [-0.2, 0) is 11.3 Å². The molecule has 8 heteroatoms. The molecule has 0 unspecified atom stereocenters. The molecular formula is C23H32N6O2. The zero-order chi connectivity index (χ0) is 21.5. The molecule has 2 saturated heterocycles. The Labute approximate surface area is 183 Å². The van der Waals surface area contributed by atoms with Gasteiger partial charge in [-0.1, -0.05) is 18.2 Å². The first-order valence-electron chi connectivity index (χ1n) is 11.3. The number of hydrogen-bond acceptors (Lipinski definition) is 6. The summed E-state index contributed by atoms with van der Waals surface area (Å²) in [6, 6.07) is 13.6. The van der Waals surface area contributed by atoms with Crippen molar-refractivity contribution in [3.63, 3.8) is 0 Å². The molecule has 2 aliphatic heterocycles. The maximum atomic E-state index is 12.3. The van der Waals surface area contributed by atoms with E-state index in [0.717, 1.165) is 45.0 Å². The molecule has 4 rings (SSSR count). The van der Waals surface area contributed by atoms with Gasteiger partial charge in [0.25, 0.3) is 5.56 Å². The summed E-state index contributed by atoms with van der Waals surface area (Å²) < 4.78 is 1.27.